The maximum absolute atomic E-state index is 4.34. The number of nitrogens with zero attached hydrogens (tertiary/aromatic N) is 4. The first-order chi connectivity index (χ1) is 7.45. The molecule has 0 aromatic carbocycles. The molecule has 1 aliphatic heterocycles. The second-order valence-corrected chi connectivity index (χ2v) is 4.62. The molecule has 0 saturated carbocycles. The summed E-state index contributed by atoms with van der Waals surface area (Å²) >= 11 is 1.99. The van der Waals surface area contributed by atoms with Gasteiger partial charge in [0.2, 0.25) is 0 Å². The fourth-order valence-electron chi connectivity index (χ4n) is 1.77. The second kappa shape index (κ2) is 3.69. The minimum atomic E-state index is 0.748. The fourth-order valence-corrected chi connectivity index (χ4v) is 2.67. The number of hydrogen-bond donors (Lipinski definition) is 1. The van der Waals surface area contributed by atoms with Crippen LogP contribution < -0.4 is 4.90 Å². The average molecular weight is 221 g/mol. The van der Waals surface area contributed by atoms with E-state index in [1.165, 1.54) is 11.5 Å². The van der Waals surface area contributed by atoms with Crippen molar-refractivity contribution in [2.24, 2.45) is 0 Å². The summed E-state index contributed by atoms with van der Waals surface area (Å²) in [7, 11) is 0. The topological polar surface area (TPSA) is 57.7 Å². The zero-order valence-corrected chi connectivity index (χ0v) is 9.00. The van der Waals surface area contributed by atoms with Gasteiger partial charge in [-0.3, -0.25) is 0 Å². The van der Waals surface area contributed by atoms with E-state index in [1.807, 2.05) is 11.8 Å². The van der Waals surface area contributed by atoms with E-state index in [-0.39, 0.29) is 0 Å². The highest BCUT2D eigenvalue weighted by atomic mass is 32.2. The van der Waals surface area contributed by atoms with Crippen molar-refractivity contribution < 1.29 is 0 Å². The third-order valence-electron chi connectivity index (χ3n) is 2.51. The molecule has 0 bridgehead atoms. The van der Waals surface area contributed by atoms with Gasteiger partial charge in [0.25, 0.3) is 0 Å². The standard InChI is InChI=1S/C9H11N5S/c1-3-15-4-2-14(1)9-7-8(11-5-10-7)12-6-13-9/h5-6H,1-4H2,(H,10,11,12,13). The van der Waals surface area contributed by atoms with Crippen molar-refractivity contribution >= 4 is 28.7 Å². The van der Waals surface area contributed by atoms with Gasteiger partial charge in [0.15, 0.2) is 11.5 Å². The number of aromatic nitrogens is 4. The van der Waals surface area contributed by atoms with Gasteiger partial charge in [-0.1, -0.05) is 0 Å². The van der Waals surface area contributed by atoms with Gasteiger partial charge in [-0.05, 0) is 0 Å². The van der Waals surface area contributed by atoms with Crippen LogP contribution in [0.4, 0.5) is 5.82 Å². The molecule has 3 heterocycles. The Labute approximate surface area is 91.3 Å². The summed E-state index contributed by atoms with van der Waals surface area (Å²) in [5, 5.41) is 0. The maximum atomic E-state index is 4.34. The Morgan fingerprint density at radius 2 is 2.07 bits per heavy atom. The largest absolute Gasteiger partial charge is 0.353 e. The summed E-state index contributed by atoms with van der Waals surface area (Å²) in [6.07, 6.45) is 3.25. The van der Waals surface area contributed by atoms with E-state index in [0.717, 1.165) is 30.1 Å². The Bertz CT molecular complexity index is 462. The van der Waals surface area contributed by atoms with Gasteiger partial charge < -0.3 is 9.88 Å². The quantitative estimate of drug-likeness (QED) is 0.775. The van der Waals surface area contributed by atoms with Crippen LogP contribution in [0.25, 0.3) is 11.2 Å². The molecule has 0 unspecified atom stereocenters. The summed E-state index contributed by atoms with van der Waals surface area (Å²) in [6, 6.07) is 0. The van der Waals surface area contributed by atoms with Crippen LogP contribution in [0, 0.1) is 0 Å². The summed E-state index contributed by atoms with van der Waals surface area (Å²) in [4.78, 5) is 18.0. The van der Waals surface area contributed by atoms with Gasteiger partial charge in [-0.2, -0.15) is 11.8 Å². The molecule has 0 aliphatic carbocycles. The van der Waals surface area contributed by atoms with Crippen molar-refractivity contribution in [1.82, 2.24) is 19.9 Å². The third-order valence-corrected chi connectivity index (χ3v) is 3.46. The van der Waals surface area contributed by atoms with Crippen molar-refractivity contribution in [3.05, 3.63) is 12.7 Å². The predicted octanol–water partition coefficient (Wildman–Crippen LogP) is 0.906. The van der Waals surface area contributed by atoms with Crippen molar-refractivity contribution in [3.8, 4) is 0 Å². The number of anilines is 1. The number of thioether (sulfide) groups is 1. The fraction of sp³-hybridized carbons (Fsp3) is 0.444. The SMILES string of the molecule is c1nc(N2CCSCC2)c2[nH]cnc2n1. The molecule has 1 N–H and O–H groups in total. The first kappa shape index (κ1) is 8.96. The molecule has 2 aromatic rings. The van der Waals surface area contributed by atoms with E-state index in [0.29, 0.717) is 0 Å². The number of H-pyrrole nitrogens is 1. The molecule has 15 heavy (non-hydrogen) atoms. The number of aromatic amines is 1. The number of hydrogen-bond acceptors (Lipinski definition) is 5. The number of nitrogens with one attached hydrogen (secondary N) is 1. The Hall–Kier alpha value is -1.30. The lowest BCUT2D eigenvalue weighted by molar-refractivity contribution is 0.840. The van der Waals surface area contributed by atoms with E-state index in [2.05, 4.69) is 24.8 Å². The van der Waals surface area contributed by atoms with Gasteiger partial charge in [0, 0.05) is 24.6 Å². The van der Waals surface area contributed by atoms with Crippen LogP contribution in [0.2, 0.25) is 0 Å². The molecule has 0 atom stereocenters. The number of imidazole rings is 1. The lowest BCUT2D eigenvalue weighted by Crippen LogP contribution is -2.33. The van der Waals surface area contributed by atoms with Crippen molar-refractivity contribution in [3.63, 3.8) is 0 Å². The number of fused-ring (bicyclic) bond motifs is 1. The van der Waals surface area contributed by atoms with Crippen LogP contribution in [-0.2, 0) is 0 Å². The van der Waals surface area contributed by atoms with Crippen LogP contribution in [0.5, 0.6) is 0 Å². The highest BCUT2D eigenvalue weighted by Gasteiger charge is 2.16. The van der Waals surface area contributed by atoms with Gasteiger partial charge in [-0.25, -0.2) is 15.0 Å². The maximum Gasteiger partial charge on any atom is 0.182 e. The molecule has 0 radical (unpaired) electrons. The summed E-state index contributed by atoms with van der Waals surface area (Å²) < 4.78 is 0. The summed E-state index contributed by atoms with van der Waals surface area (Å²) in [5.74, 6) is 3.32. The van der Waals surface area contributed by atoms with Crippen molar-refractivity contribution in [2.45, 2.75) is 0 Å². The third kappa shape index (κ3) is 1.54. The summed E-state index contributed by atoms with van der Waals surface area (Å²) in [5.41, 5.74) is 1.70. The van der Waals surface area contributed by atoms with E-state index in [1.54, 1.807) is 12.7 Å². The van der Waals surface area contributed by atoms with Crippen LogP contribution in [0.1, 0.15) is 0 Å². The first-order valence-electron chi connectivity index (χ1n) is 4.92. The molecule has 1 saturated heterocycles. The van der Waals surface area contributed by atoms with Gasteiger partial charge >= 0.3 is 0 Å². The highest BCUT2D eigenvalue weighted by Crippen LogP contribution is 2.22. The van der Waals surface area contributed by atoms with Gasteiger partial charge in [0.05, 0.1) is 6.33 Å². The monoisotopic (exact) mass is 221 g/mol. The van der Waals surface area contributed by atoms with Crippen LogP contribution in [-0.4, -0.2) is 44.5 Å². The van der Waals surface area contributed by atoms with Crippen LogP contribution in [0.3, 0.4) is 0 Å². The molecule has 78 valence electrons. The molecule has 0 spiro atoms. The van der Waals surface area contributed by atoms with Crippen molar-refractivity contribution in [1.29, 1.82) is 0 Å². The van der Waals surface area contributed by atoms with E-state index in [4.69, 9.17) is 0 Å². The Kier molecular flexibility index (Phi) is 2.21. The lowest BCUT2D eigenvalue weighted by atomic mass is 10.4. The second-order valence-electron chi connectivity index (χ2n) is 3.40. The van der Waals surface area contributed by atoms with Gasteiger partial charge in [-0.15, -0.1) is 0 Å². The zero-order chi connectivity index (χ0) is 10.1. The van der Waals surface area contributed by atoms with E-state index >= 15 is 0 Å². The molecular formula is C9H11N5S. The molecule has 3 rings (SSSR count). The predicted molar refractivity (Wildman–Crippen MR) is 61.2 cm³/mol. The van der Waals surface area contributed by atoms with Crippen molar-refractivity contribution in [2.75, 3.05) is 29.5 Å². The lowest BCUT2D eigenvalue weighted by Gasteiger charge is -2.27. The van der Waals surface area contributed by atoms with Gasteiger partial charge in [0.1, 0.15) is 11.8 Å². The van der Waals surface area contributed by atoms with E-state index < -0.39 is 0 Å². The smallest absolute Gasteiger partial charge is 0.182 e. The Morgan fingerprint density at radius 3 is 2.93 bits per heavy atom. The summed E-state index contributed by atoms with van der Waals surface area (Å²) in [6.45, 7) is 2.10. The normalized spacial score (nSPS) is 17.2. The molecule has 0 amide bonds. The molecule has 2 aromatic heterocycles. The number of rotatable bonds is 1. The van der Waals surface area contributed by atoms with E-state index in [9.17, 15) is 0 Å². The molecular weight excluding hydrogens is 210 g/mol. The molecule has 1 aliphatic rings. The van der Waals surface area contributed by atoms with Crippen LogP contribution in [0.15, 0.2) is 12.7 Å². The highest BCUT2D eigenvalue weighted by molar-refractivity contribution is 7.99. The zero-order valence-electron chi connectivity index (χ0n) is 8.18. The average Bonchev–Trinajstić information content (AvgIpc) is 2.78. The minimum Gasteiger partial charge on any atom is -0.353 e. The Morgan fingerprint density at radius 1 is 1.20 bits per heavy atom. The first-order valence-corrected chi connectivity index (χ1v) is 6.07. The molecule has 5 nitrogen and oxygen atoms in total. The van der Waals surface area contributed by atoms with Crippen LogP contribution >= 0.6 is 11.8 Å². The Balaban J connectivity index is 2.05. The minimum absolute atomic E-state index is 0.748. The molecule has 1 fully saturated rings. The molecule has 6 heteroatoms.